The summed E-state index contributed by atoms with van der Waals surface area (Å²) in [5.74, 6) is -4.27. The van der Waals surface area contributed by atoms with Gasteiger partial charge in [-0.1, -0.05) is 0 Å². The van der Waals surface area contributed by atoms with Crippen molar-refractivity contribution < 1.29 is 32.3 Å². The molecule has 1 rings (SSSR count). The minimum Gasteiger partial charge on any atom is -0.324 e. The van der Waals surface area contributed by atoms with Crippen molar-refractivity contribution in [1.82, 2.24) is 0 Å². The van der Waals surface area contributed by atoms with Crippen LogP contribution in [0.5, 0.6) is 0 Å². The summed E-state index contributed by atoms with van der Waals surface area (Å²) >= 11 is 0. The van der Waals surface area contributed by atoms with Crippen LogP contribution in [0.15, 0.2) is 0 Å². The van der Waals surface area contributed by atoms with Crippen molar-refractivity contribution in [2.45, 2.75) is 37.3 Å². The first kappa shape index (κ1) is 13.7. The minimum atomic E-state index is -4.64. The number of Topliss-reactive ketones (excluding diaryl/α,β-unsaturated/α-hetero) is 1. The van der Waals surface area contributed by atoms with E-state index in [-0.39, 0.29) is 0 Å². The maximum absolute atomic E-state index is 13.8. The third-order valence-electron chi connectivity index (χ3n) is 2.62. The van der Waals surface area contributed by atoms with Crippen molar-refractivity contribution in [2.75, 3.05) is 6.16 Å². The molecule has 0 amide bonds. The standard InChI is InChI=1S/C8H12F3O4P/c9-7(6(12)5-16(13,14)15)1-3-8(10,11)4-2-7/h1-5H2,(H2,13,14,15). The Labute approximate surface area is 90.0 Å². The first-order valence-corrected chi connectivity index (χ1v) is 6.49. The van der Waals surface area contributed by atoms with E-state index in [4.69, 9.17) is 9.79 Å². The third kappa shape index (κ3) is 3.57. The molecule has 1 aliphatic carbocycles. The molecule has 4 nitrogen and oxygen atoms in total. The van der Waals surface area contributed by atoms with Crippen LogP contribution in [0.4, 0.5) is 13.2 Å². The molecule has 16 heavy (non-hydrogen) atoms. The lowest BCUT2D eigenvalue weighted by molar-refractivity contribution is -0.137. The Morgan fingerprint density at radius 1 is 1.12 bits per heavy atom. The molecular weight excluding hydrogens is 248 g/mol. The van der Waals surface area contributed by atoms with Crippen molar-refractivity contribution in [1.29, 1.82) is 0 Å². The highest BCUT2D eigenvalue weighted by Gasteiger charge is 2.49. The van der Waals surface area contributed by atoms with Crippen LogP contribution in [0.2, 0.25) is 0 Å². The molecule has 8 heteroatoms. The SMILES string of the molecule is O=C(CP(=O)(O)O)C1(F)CCC(F)(F)CC1. The largest absolute Gasteiger partial charge is 0.333 e. The van der Waals surface area contributed by atoms with Gasteiger partial charge in [0.05, 0.1) is 0 Å². The topological polar surface area (TPSA) is 74.6 Å². The van der Waals surface area contributed by atoms with Gasteiger partial charge in [-0.15, -0.1) is 0 Å². The number of rotatable bonds is 3. The summed E-state index contributed by atoms with van der Waals surface area (Å²) < 4.78 is 49.8. The smallest absolute Gasteiger partial charge is 0.324 e. The van der Waals surface area contributed by atoms with Crippen LogP contribution >= 0.6 is 7.60 Å². The molecule has 0 atom stereocenters. The molecule has 2 N–H and O–H groups in total. The number of halogens is 3. The van der Waals surface area contributed by atoms with Crippen LogP contribution in [0.3, 0.4) is 0 Å². The number of alkyl halides is 3. The van der Waals surface area contributed by atoms with E-state index in [0.717, 1.165) is 0 Å². The fourth-order valence-corrected chi connectivity index (χ4v) is 2.28. The van der Waals surface area contributed by atoms with E-state index in [2.05, 4.69) is 0 Å². The molecule has 0 saturated heterocycles. The summed E-state index contributed by atoms with van der Waals surface area (Å²) in [5.41, 5.74) is -2.51. The van der Waals surface area contributed by atoms with E-state index in [1.54, 1.807) is 0 Å². The molecule has 0 unspecified atom stereocenters. The summed E-state index contributed by atoms with van der Waals surface area (Å²) in [6.07, 6.45) is -4.13. The van der Waals surface area contributed by atoms with E-state index >= 15 is 0 Å². The average Bonchev–Trinajstić information content (AvgIpc) is 2.08. The molecule has 0 aromatic heterocycles. The Hall–Kier alpha value is -0.390. The second kappa shape index (κ2) is 4.13. The van der Waals surface area contributed by atoms with Gasteiger partial charge < -0.3 is 9.79 Å². The highest BCUT2D eigenvalue weighted by Crippen LogP contribution is 2.44. The first-order chi connectivity index (χ1) is 7.04. The molecule has 0 aliphatic heterocycles. The van der Waals surface area contributed by atoms with Gasteiger partial charge in [0.25, 0.3) is 0 Å². The van der Waals surface area contributed by atoms with Crippen molar-refractivity contribution in [3.63, 3.8) is 0 Å². The molecule has 1 fully saturated rings. The maximum Gasteiger partial charge on any atom is 0.333 e. The number of hydrogen-bond donors (Lipinski definition) is 2. The van der Waals surface area contributed by atoms with Crippen LogP contribution in [0, 0.1) is 0 Å². The van der Waals surface area contributed by atoms with E-state index in [1.165, 1.54) is 0 Å². The van der Waals surface area contributed by atoms with Crippen LogP contribution in [-0.4, -0.2) is 33.3 Å². The van der Waals surface area contributed by atoms with Gasteiger partial charge in [0.15, 0.2) is 11.5 Å². The molecular formula is C8H12F3O4P. The van der Waals surface area contributed by atoms with E-state index in [9.17, 15) is 22.5 Å². The molecule has 0 radical (unpaired) electrons. The zero-order valence-electron chi connectivity index (χ0n) is 8.33. The molecule has 0 aromatic carbocycles. The maximum atomic E-state index is 13.8. The molecule has 0 bridgehead atoms. The summed E-state index contributed by atoms with van der Waals surface area (Å²) in [7, 11) is -4.64. The Bertz CT molecular complexity index is 328. The van der Waals surface area contributed by atoms with Gasteiger partial charge in [-0.3, -0.25) is 9.36 Å². The second-order valence-electron chi connectivity index (χ2n) is 4.07. The predicted molar refractivity (Wildman–Crippen MR) is 49.2 cm³/mol. The van der Waals surface area contributed by atoms with Crippen LogP contribution in [0.25, 0.3) is 0 Å². The number of hydrogen-bond acceptors (Lipinski definition) is 2. The van der Waals surface area contributed by atoms with Crippen LogP contribution in [-0.2, 0) is 9.36 Å². The fourth-order valence-electron chi connectivity index (χ4n) is 1.62. The second-order valence-corrected chi connectivity index (χ2v) is 5.71. The van der Waals surface area contributed by atoms with Gasteiger partial charge in [-0.2, -0.15) is 0 Å². The highest BCUT2D eigenvalue weighted by atomic mass is 31.2. The van der Waals surface area contributed by atoms with Crippen molar-refractivity contribution in [3.8, 4) is 0 Å². The Morgan fingerprint density at radius 2 is 1.56 bits per heavy atom. The Balaban J connectivity index is 2.67. The van der Waals surface area contributed by atoms with Crippen molar-refractivity contribution in [2.24, 2.45) is 0 Å². The normalized spacial score (nSPS) is 24.1. The van der Waals surface area contributed by atoms with Crippen molar-refractivity contribution >= 4 is 13.4 Å². The van der Waals surface area contributed by atoms with E-state index < -0.39 is 56.8 Å². The Kier molecular flexibility index (Phi) is 3.53. The highest BCUT2D eigenvalue weighted by molar-refractivity contribution is 7.52. The van der Waals surface area contributed by atoms with Gasteiger partial charge >= 0.3 is 7.60 Å². The van der Waals surface area contributed by atoms with Crippen LogP contribution < -0.4 is 0 Å². The third-order valence-corrected chi connectivity index (χ3v) is 3.32. The average molecular weight is 260 g/mol. The molecule has 0 heterocycles. The fraction of sp³-hybridized carbons (Fsp3) is 0.875. The molecule has 0 aromatic rings. The summed E-state index contributed by atoms with van der Waals surface area (Å²) in [6.45, 7) is 0. The molecule has 1 aliphatic rings. The number of carbonyl (C=O) groups is 1. The predicted octanol–water partition coefficient (Wildman–Crippen LogP) is 1.65. The first-order valence-electron chi connectivity index (χ1n) is 4.69. The Morgan fingerprint density at radius 3 is 1.94 bits per heavy atom. The molecule has 1 saturated carbocycles. The van der Waals surface area contributed by atoms with E-state index in [1.807, 2.05) is 0 Å². The zero-order chi connectivity index (χ0) is 12.6. The van der Waals surface area contributed by atoms with Crippen molar-refractivity contribution in [3.05, 3.63) is 0 Å². The summed E-state index contributed by atoms with van der Waals surface area (Å²) in [4.78, 5) is 28.3. The van der Waals surface area contributed by atoms with Gasteiger partial charge in [-0.25, -0.2) is 13.2 Å². The minimum absolute atomic E-state index is 0.682. The summed E-state index contributed by atoms with van der Waals surface area (Å²) in [5, 5.41) is 0. The van der Waals surface area contributed by atoms with Crippen LogP contribution in [0.1, 0.15) is 25.7 Å². The number of carbonyl (C=O) groups excluding carboxylic acids is 1. The lowest BCUT2D eigenvalue weighted by Gasteiger charge is -2.32. The van der Waals surface area contributed by atoms with Gasteiger partial charge in [0.2, 0.25) is 5.92 Å². The molecule has 0 spiro atoms. The van der Waals surface area contributed by atoms with Gasteiger partial charge in [0.1, 0.15) is 6.16 Å². The van der Waals surface area contributed by atoms with Gasteiger partial charge in [-0.05, 0) is 12.8 Å². The monoisotopic (exact) mass is 260 g/mol. The molecule has 94 valence electrons. The number of ketones is 1. The van der Waals surface area contributed by atoms with Gasteiger partial charge in [0, 0.05) is 12.8 Å². The van der Waals surface area contributed by atoms with E-state index in [0.29, 0.717) is 0 Å². The quantitative estimate of drug-likeness (QED) is 0.756. The lowest BCUT2D eigenvalue weighted by Crippen LogP contribution is -2.42. The lowest BCUT2D eigenvalue weighted by atomic mass is 9.82. The summed E-state index contributed by atoms with van der Waals surface area (Å²) in [6, 6.07) is 0. The zero-order valence-corrected chi connectivity index (χ0v) is 9.22.